The molecule has 0 saturated carbocycles. The average molecular weight is 271 g/mol. The van der Waals surface area contributed by atoms with Crippen molar-refractivity contribution in [2.24, 2.45) is 11.8 Å². The lowest BCUT2D eigenvalue weighted by Gasteiger charge is -2.22. The molecule has 2 unspecified atom stereocenters. The topological polar surface area (TPSA) is 21.3 Å². The zero-order chi connectivity index (χ0) is 14.4. The van der Waals surface area contributed by atoms with Gasteiger partial charge in [0.1, 0.15) is 5.75 Å². The van der Waals surface area contributed by atoms with E-state index < -0.39 is 6.61 Å². The summed E-state index contributed by atoms with van der Waals surface area (Å²) in [6, 6.07) is 6.90. The molecule has 0 amide bonds. The molecule has 0 aliphatic rings. The van der Waals surface area contributed by atoms with E-state index >= 15 is 0 Å². The van der Waals surface area contributed by atoms with Gasteiger partial charge in [-0.2, -0.15) is 8.78 Å². The summed E-state index contributed by atoms with van der Waals surface area (Å²) in [6.07, 6.45) is 0. The summed E-state index contributed by atoms with van der Waals surface area (Å²) in [7, 11) is 0. The summed E-state index contributed by atoms with van der Waals surface area (Å²) < 4.78 is 29.2. The van der Waals surface area contributed by atoms with Crippen molar-refractivity contribution < 1.29 is 13.5 Å². The Morgan fingerprint density at radius 2 is 1.74 bits per heavy atom. The molecule has 2 atom stereocenters. The van der Waals surface area contributed by atoms with Crippen molar-refractivity contribution in [2.75, 3.05) is 6.54 Å². The van der Waals surface area contributed by atoms with Crippen LogP contribution in [0, 0.1) is 11.8 Å². The van der Waals surface area contributed by atoms with E-state index in [4.69, 9.17) is 0 Å². The standard InChI is InChI=1S/C15H23F2NO/c1-10(2)11(3)9-18-12(4)13-7-5-6-8-14(13)19-15(16)17/h5-8,10-12,15,18H,9H2,1-4H3. The molecule has 1 aromatic carbocycles. The van der Waals surface area contributed by atoms with E-state index in [9.17, 15) is 8.78 Å². The van der Waals surface area contributed by atoms with Gasteiger partial charge in [0.05, 0.1) is 0 Å². The van der Waals surface area contributed by atoms with Crippen molar-refractivity contribution in [2.45, 2.75) is 40.3 Å². The third kappa shape index (κ3) is 5.15. The van der Waals surface area contributed by atoms with Gasteiger partial charge < -0.3 is 10.1 Å². The van der Waals surface area contributed by atoms with Crippen molar-refractivity contribution in [3.8, 4) is 5.75 Å². The van der Waals surface area contributed by atoms with Crippen LogP contribution in [0.2, 0.25) is 0 Å². The second-order valence-corrected chi connectivity index (χ2v) is 5.27. The van der Waals surface area contributed by atoms with E-state index in [2.05, 4.69) is 30.8 Å². The van der Waals surface area contributed by atoms with E-state index in [-0.39, 0.29) is 11.8 Å². The molecule has 0 spiro atoms. The summed E-state index contributed by atoms with van der Waals surface area (Å²) in [6.45, 7) is 6.53. The van der Waals surface area contributed by atoms with Crippen LogP contribution in [-0.2, 0) is 0 Å². The van der Waals surface area contributed by atoms with Crippen LogP contribution in [0.4, 0.5) is 8.78 Å². The molecule has 0 fully saturated rings. The SMILES string of the molecule is CC(NCC(C)C(C)C)c1ccccc1OC(F)F. The predicted octanol–water partition coefficient (Wildman–Crippen LogP) is 4.23. The molecule has 2 nitrogen and oxygen atoms in total. The Morgan fingerprint density at radius 3 is 2.32 bits per heavy atom. The first-order valence-electron chi connectivity index (χ1n) is 6.69. The number of nitrogens with one attached hydrogen (secondary N) is 1. The molecule has 0 aromatic heterocycles. The number of para-hydroxylation sites is 1. The Hall–Kier alpha value is -1.16. The van der Waals surface area contributed by atoms with Gasteiger partial charge in [0.25, 0.3) is 0 Å². The molecule has 0 radical (unpaired) electrons. The van der Waals surface area contributed by atoms with Crippen LogP contribution in [-0.4, -0.2) is 13.2 Å². The summed E-state index contributed by atoms with van der Waals surface area (Å²) in [5.41, 5.74) is 0.763. The summed E-state index contributed by atoms with van der Waals surface area (Å²) in [5, 5.41) is 3.37. The zero-order valence-corrected chi connectivity index (χ0v) is 12.0. The molecule has 1 N–H and O–H groups in total. The number of hydrogen-bond acceptors (Lipinski definition) is 2. The van der Waals surface area contributed by atoms with Gasteiger partial charge in [0.2, 0.25) is 0 Å². The number of alkyl halides is 2. The van der Waals surface area contributed by atoms with E-state index in [0.717, 1.165) is 12.1 Å². The monoisotopic (exact) mass is 271 g/mol. The highest BCUT2D eigenvalue weighted by Gasteiger charge is 2.15. The highest BCUT2D eigenvalue weighted by molar-refractivity contribution is 5.35. The summed E-state index contributed by atoms with van der Waals surface area (Å²) in [5.74, 6) is 1.37. The Bertz CT molecular complexity index is 382. The van der Waals surface area contributed by atoms with E-state index in [1.54, 1.807) is 12.1 Å². The smallest absolute Gasteiger partial charge is 0.387 e. The van der Waals surface area contributed by atoms with Gasteiger partial charge >= 0.3 is 6.61 Å². The number of hydrogen-bond donors (Lipinski definition) is 1. The molecule has 1 rings (SSSR count). The fourth-order valence-corrected chi connectivity index (χ4v) is 1.75. The summed E-state index contributed by atoms with van der Waals surface area (Å²) in [4.78, 5) is 0. The second-order valence-electron chi connectivity index (χ2n) is 5.27. The van der Waals surface area contributed by atoms with Gasteiger partial charge in [0.15, 0.2) is 0 Å². The van der Waals surface area contributed by atoms with Gasteiger partial charge in [-0.25, -0.2) is 0 Å². The van der Waals surface area contributed by atoms with Crippen molar-refractivity contribution in [1.29, 1.82) is 0 Å². The lowest BCUT2D eigenvalue weighted by atomic mass is 9.97. The number of halogens is 2. The zero-order valence-electron chi connectivity index (χ0n) is 12.0. The number of rotatable bonds is 7. The first-order chi connectivity index (χ1) is 8.91. The van der Waals surface area contributed by atoms with Crippen LogP contribution in [0.3, 0.4) is 0 Å². The maximum absolute atomic E-state index is 12.3. The van der Waals surface area contributed by atoms with Gasteiger partial charge in [-0.15, -0.1) is 0 Å². The van der Waals surface area contributed by atoms with Gasteiger partial charge in [-0.3, -0.25) is 0 Å². The molecule has 0 aliphatic carbocycles. The molecular formula is C15H23F2NO. The van der Waals surface area contributed by atoms with Gasteiger partial charge in [0, 0.05) is 11.6 Å². The number of ether oxygens (including phenoxy) is 1. The van der Waals surface area contributed by atoms with Crippen molar-refractivity contribution in [1.82, 2.24) is 5.32 Å². The molecule has 0 saturated heterocycles. The molecule has 108 valence electrons. The Morgan fingerprint density at radius 1 is 1.11 bits per heavy atom. The van der Waals surface area contributed by atoms with Crippen molar-refractivity contribution in [3.63, 3.8) is 0 Å². The Balaban J connectivity index is 2.68. The lowest BCUT2D eigenvalue weighted by molar-refractivity contribution is -0.0506. The maximum Gasteiger partial charge on any atom is 0.387 e. The van der Waals surface area contributed by atoms with E-state index in [1.807, 2.05) is 19.1 Å². The fourth-order valence-electron chi connectivity index (χ4n) is 1.75. The molecule has 4 heteroatoms. The second kappa shape index (κ2) is 7.43. The van der Waals surface area contributed by atoms with Crippen LogP contribution in [0.25, 0.3) is 0 Å². The van der Waals surface area contributed by atoms with Gasteiger partial charge in [-0.05, 0) is 31.4 Å². The molecular weight excluding hydrogens is 248 g/mol. The third-order valence-electron chi connectivity index (χ3n) is 3.49. The average Bonchev–Trinajstić information content (AvgIpc) is 2.35. The highest BCUT2D eigenvalue weighted by Crippen LogP contribution is 2.26. The maximum atomic E-state index is 12.3. The van der Waals surface area contributed by atoms with E-state index in [1.165, 1.54) is 0 Å². The minimum Gasteiger partial charge on any atom is -0.434 e. The third-order valence-corrected chi connectivity index (χ3v) is 3.49. The summed E-state index contributed by atoms with van der Waals surface area (Å²) >= 11 is 0. The molecule has 0 bridgehead atoms. The first-order valence-corrected chi connectivity index (χ1v) is 6.69. The molecule has 0 aliphatic heterocycles. The molecule has 19 heavy (non-hydrogen) atoms. The fraction of sp³-hybridized carbons (Fsp3) is 0.600. The lowest BCUT2D eigenvalue weighted by Crippen LogP contribution is -2.27. The normalized spacial score (nSPS) is 14.7. The minimum absolute atomic E-state index is 0.0175. The Kier molecular flexibility index (Phi) is 6.22. The van der Waals surface area contributed by atoms with Crippen LogP contribution in [0.5, 0.6) is 5.75 Å². The minimum atomic E-state index is -2.79. The number of benzene rings is 1. The van der Waals surface area contributed by atoms with Crippen molar-refractivity contribution >= 4 is 0 Å². The molecule has 0 heterocycles. The predicted molar refractivity (Wildman–Crippen MR) is 73.5 cm³/mol. The van der Waals surface area contributed by atoms with Crippen LogP contribution < -0.4 is 10.1 Å². The highest BCUT2D eigenvalue weighted by atomic mass is 19.3. The van der Waals surface area contributed by atoms with Crippen LogP contribution in [0.1, 0.15) is 39.3 Å². The van der Waals surface area contributed by atoms with Crippen LogP contribution in [0.15, 0.2) is 24.3 Å². The van der Waals surface area contributed by atoms with Gasteiger partial charge in [-0.1, -0.05) is 39.0 Å². The largest absolute Gasteiger partial charge is 0.434 e. The first kappa shape index (κ1) is 15.9. The van der Waals surface area contributed by atoms with E-state index in [0.29, 0.717) is 11.8 Å². The quantitative estimate of drug-likeness (QED) is 0.801. The Labute approximate surface area is 114 Å². The van der Waals surface area contributed by atoms with Crippen molar-refractivity contribution in [3.05, 3.63) is 29.8 Å². The molecule has 1 aromatic rings. The van der Waals surface area contributed by atoms with Crippen LogP contribution >= 0.6 is 0 Å².